The van der Waals surface area contributed by atoms with Crippen LogP contribution in [0.25, 0.3) is 38.8 Å². The Balaban J connectivity index is 1.20. The average Bonchev–Trinajstić information content (AvgIpc) is 3.32. The number of nitrogens with zero attached hydrogens (tertiary/aromatic N) is 6. The second-order valence-electron chi connectivity index (χ2n) is 8.37. The van der Waals surface area contributed by atoms with Crippen molar-refractivity contribution in [3.05, 3.63) is 73.4 Å². The van der Waals surface area contributed by atoms with E-state index >= 15 is 0 Å². The Morgan fingerprint density at radius 1 is 0.853 bits per heavy atom. The van der Waals surface area contributed by atoms with Crippen LogP contribution in [-0.2, 0) is 0 Å². The molecular weight excluding hydrogens is 426 g/mol. The molecule has 0 radical (unpaired) electrons. The third kappa shape index (κ3) is 4.09. The lowest BCUT2D eigenvalue weighted by atomic mass is 10.0. The van der Waals surface area contributed by atoms with Crippen molar-refractivity contribution in [2.45, 2.75) is 0 Å². The minimum Gasteiger partial charge on any atom is -0.476 e. The zero-order valence-electron chi connectivity index (χ0n) is 18.8. The van der Waals surface area contributed by atoms with Crippen LogP contribution in [-0.4, -0.2) is 68.8 Å². The van der Waals surface area contributed by atoms with Crippen LogP contribution in [0.5, 0.6) is 5.88 Å². The van der Waals surface area contributed by atoms with Crippen molar-refractivity contribution < 1.29 is 4.74 Å². The number of benzene rings is 1. The molecule has 5 heterocycles. The van der Waals surface area contributed by atoms with E-state index in [1.54, 1.807) is 0 Å². The van der Waals surface area contributed by atoms with Crippen LogP contribution < -0.4 is 10.1 Å². The van der Waals surface area contributed by atoms with Crippen molar-refractivity contribution in [2.75, 3.05) is 39.3 Å². The number of hydrogen-bond acceptors (Lipinski definition) is 7. The SMILES string of the molecule is c1cc(-c2cnn3cc(-c4ccc(OCCN5CCNCC5)nc4)cnc23)c2cccnc2c1. The Bertz CT molecular complexity index is 1420. The number of fused-ring (bicyclic) bond motifs is 2. The molecule has 4 aromatic heterocycles. The third-order valence-electron chi connectivity index (χ3n) is 6.23. The number of nitrogens with one attached hydrogen (secondary N) is 1. The van der Waals surface area contributed by atoms with Gasteiger partial charge in [0.1, 0.15) is 6.61 Å². The fourth-order valence-electron chi connectivity index (χ4n) is 4.40. The molecule has 1 aliphatic heterocycles. The van der Waals surface area contributed by atoms with Gasteiger partial charge in [0.2, 0.25) is 5.88 Å². The van der Waals surface area contributed by atoms with Gasteiger partial charge < -0.3 is 10.1 Å². The molecule has 6 rings (SSSR count). The van der Waals surface area contributed by atoms with Gasteiger partial charge >= 0.3 is 0 Å². The fourth-order valence-corrected chi connectivity index (χ4v) is 4.40. The maximum atomic E-state index is 5.85. The molecule has 8 nitrogen and oxygen atoms in total. The predicted octanol–water partition coefficient (Wildman–Crippen LogP) is 3.29. The van der Waals surface area contributed by atoms with E-state index in [-0.39, 0.29) is 0 Å². The molecule has 0 bridgehead atoms. The summed E-state index contributed by atoms with van der Waals surface area (Å²) in [6.45, 7) is 5.78. The van der Waals surface area contributed by atoms with Crippen LogP contribution in [0.2, 0.25) is 0 Å². The van der Waals surface area contributed by atoms with Crippen molar-refractivity contribution in [3.8, 4) is 28.1 Å². The van der Waals surface area contributed by atoms with Crippen molar-refractivity contribution in [3.63, 3.8) is 0 Å². The largest absolute Gasteiger partial charge is 0.476 e. The number of hydrogen-bond donors (Lipinski definition) is 1. The average molecular weight is 452 g/mol. The van der Waals surface area contributed by atoms with Crippen molar-refractivity contribution >= 4 is 16.6 Å². The smallest absolute Gasteiger partial charge is 0.213 e. The Kier molecular flexibility index (Phi) is 5.58. The Labute approximate surface area is 197 Å². The lowest BCUT2D eigenvalue weighted by Crippen LogP contribution is -2.44. The zero-order valence-corrected chi connectivity index (χ0v) is 18.8. The Morgan fingerprint density at radius 2 is 1.76 bits per heavy atom. The van der Waals surface area contributed by atoms with Crippen LogP contribution in [0.15, 0.2) is 73.4 Å². The quantitative estimate of drug-likeness (QED) is 0.424. The van der Waals surface area contributed by atoms with E-state index in [0.29, 0.717) is 12.5 Å². The Hall–Kier alpha value is -3.88. The summed E-state index contributed by atoms with van der Waals surface area (Å²) < 4.78 is 7.66. The van der Waals surface area contributed by atoms with Gasteiger partial charge in [-0.25, -0.2) is 14.5 Å². The maximum Gasteiger partial charge on any atom is 0.213 e. The van der Waals surface area contributed by atoms with E-state index < -0.39 is 0 Å². The molecule has 1 N–H and O–H groups in total. The highest BCUT2D eigenvalue weighted by molar-refractivity contribution is 5.97. The van der Waals surface area contributed by atoms with Crippen LogP contribution >= 0.6 is 0 Å². The summed E-state index contributed by atoms with van der Waals surface area (Å²) in [5, 5.41) is 9.02. The lowest BCUT2D eigenvalue weighted by Gasteiger charge is -2.26. The highest BCUT2D eigenvalue weighted by Gasteiger charge is 2.13. The highest BCUT2D eigenvalue weighted by Crippen LogP contribution is 2.30. The lowest BCUT2D eigenvalue weighted by molar-refractivity contribution is 0.188. The molecule has 8 heteroatoms. The summed E-state index contributed by atoms with van der Waals surface area (Å²) in [5.74, 6) is 0.638. The zero-order chi connectivity index (χ0) is 22.7. The van der Waals surface area contributed by atoms with Gasteiger partial charge in [0.05, 0.1) is 11.7 Å². The van der Waals surface area contributed by atoms with Crippen molar-refractivity contribution in [1.82, 2.24) is 34.8 Å². The molecule has 0 spiro atoms. The molecule has 0 aliphatic carbocycles. The third-order valence-corrected chi connectivity index (χ3v) is 6.23. The maximum absolute atomic E-state index is 5.85. The summed E-state index contributed by atoms with van der Waals surface area (Å²) in [5.41, 5.74) is 5.73. The molecule has 5 aromatic rings. The fraction of sp³-hybridized carbons (Fsp3) is 0.231. The first-order valence-electron chi connectivity index (χ1n) is 11.5. The summed E-state index contributed by atoms with van der Waals surface area (Å²) in [4.78, 5) is 16.1. The molecule has 0 atom stereocenters. The summed E-state index contributed by atoms with van der Waals surface area (Å²) in [6, 6.07) is 14.1. The number of pyridine rings is 2. The first-order chi connectivity index (χ1) is 16.8. The number of piperazine rings is 1. The highest BCUT2D eigenvalue weighted by atomic mass is 16.5. The summed E-state index contributed by atoms with van der Waals surface area (Å²) >= 11 is 0. The van der Waals surface area contributed by atoms with Gasteiger partial charge in [-0.05, 0) is 23.8 Å². The summed E-state index contributed by atoms with van der Waals surface area (Å²) in [6.07, 6.45) is 9.34. The first kappa shape index (κ1) is 20.7. The Morgan fingerprint density at radius 3 is 2.65 bits per heavy atom. The molecular formula is C26H25N7O. The number of ether oxygens (including phenoxy) is 1. The predicted molar refractivity (Wildman–Crippen MR) is 132 cm³/mol. The van der Waals surface area contributed by atoms with E-state index in [1.165, 1.54) is 0 Å². The topological polar surface area (TPSA) is 80.5 Å². The number of rotatable bonds is 6. The second-order valence-corrected chi connectivity index (χ2v) is 8.37. The normalized spacial score (nSPS) is 14.6. The molecule has 0 saturated carbocycles. The van der Waals surface area contributed by atoms with Gasteiger partial charge in [-0.15, -0.1) is 0 Å². The molecule has 1 saturated heterocycles. The van der Waals surface area contributed by atoms with Crippen LogP contribution in [0.3, 0.4) is 0 Å². The van der Waals surface area contributed by atoms with Crippen molar-refractivity contribution in [2.24, 2.45) is 0 Å². The van der Waals surface area contributed by atoms with Crippen molar-refractivity contribution in [1.29, 1.82) is 0 Å². The van der Waals surface area contributed by atoms with Gasteiger partial charge in [-0.3, -0.25) is 9.88 Å². The molecule has 34 heavy (non-hydrogen) atoms. The molecule has 1 aliphatic rings. The van der Waals surface area contributed by atoms with Crippen LogP contribution in [0.1, 0.15) is 0 Å². The van der Waals surface area contributed by atoms with E-state index in [9.17, 15) is 0 Å². The molecule has 1 fully saturated rings. The van der Waals surface area contributed by atoms with Gasteiger partial charge in [-0.1, -0.05) is 18.2 Å². The first-order valence-corrected chi connectivity index (χ1v) is 11.5. The monoisotopic (exact) mass is 451 g/mol. The minimum atomic E-state index is 0.638. The molecule has 0 unspecified atom stereocenters. The van der Waals surface area contributed by atoms with E-state index in [1.807, 2.05) is 65.8 Å². The van der Waals surface area contributed by atoms with Crippen LogP contribution in [0.4, 0.5) is 0 Å². The van der Waals surface area contributed by atoms with Gasteiger partial charge in [0.25, 0.3) is 0 Å². The molecule has 1 aromatic carbocycles. The summed E-state index contributed by atoms with van der Waals surface area (Å²) in [7, 11) is 0. The molecule has 170 valence electrons. The van der Waals surface area contributed by atoms with Gasteiger partial charge in [0, 0.05) is 85.7 Å². The standard InChI is InChI=1S/C26H25N7O/c1-3-21(22-4-2-8-28-24(22)5-1)23-17-31-33-18-20(16-30-26(23)33)19-6-7-25(29-15-19)34-14-13-32-11-9-27-10-12-32/h1-8,15-18,27H,9-14H2. The van der Waals surface area contributed by atoms with E-state index in [4.69, 9.17) is 9.72 Å². The minimum absolute atomic E-state index is 0.638. The van der Waals surface area contributed by atoms with Crippen LogP contribution in [0, 0.1) is 0 Å². The van der Waals surface area contributed by atoms with E-state index in [0.717, 1.165) is 71.5 Å². The van der Waals surface area contributed by atoms with Gasteiger partial charge in [0.15, 0.2) is 5.65 Å². The molecule has 0 amide bonds. The van der Waals surface area contributed by atoms with E-state index in [2.05, 4.69) is 37.4 Å². The number of aromatic nitrogens is 5. The van der Waals surface area contributed by atoms with Gasteiger partial charge in [-0.2, -0.15) is 5.10 Å². The second kappa shape index (κ2) is 9.17.